The number of carbonyl (C=O) groups is 2. The number of amides is 1. The van der Waals surface area contributed by atoms with Gasteiger partial charge in [-0.05, 0) is 68.6 Å². The van der Waals surface area contributed by atoms with Crippen LogP contribution in [0.3, 0.4) is 0 Å². The van der Waals surface area contributed by atoms with Crippen molar-refractivity contribution in [3.63, 3.8) is 0 Å². The zero-order chi connectivity index (χ0) is 30.0. The summed E-state index contributed by atoms with van der Waals surface area (Å²) in [4.78, 5) is 29.6. The van der Waals surface area contributed by atoms with Crippen molar-refractivity contribution in [3.8, 4) is 5.75 Å². The van der Waals surface area contributed by atoms with Crippen molar-refractivity contribution in [3.05, 3.63) is 62.3 Å². The van der Waals surface area contributed by atoms with Crippen LogP contribution < -0.4 is 4.74 Å². The van der Waals surface area contributed by atoms with E-state index in [0.29, 0.717) is 28.4 Å². The van der Waals surface area contributed by atoms with Crippen LogP contribution in [-0.2, 0) is 19.7 Å². The van der Waals surface area contributed by atoms with E-state index in [9.17, 15) is 35.6 Å². The molecular weight excluding hydrogens is 627 g/mol. The molecular formula is C24H23Cl3F4N2O6S. The molecule has 1 aliphatic heterocycles. The number of likely N-dealkylation sites (tertiary alicyclic amines) is 1. The zero-order valence-corrected chi connectivity index (χ0v) is 24.1. The molecule has 0 N–H and O–H groups in total. The highest BCUT2D eigenvalue weighted by molar-refractivity contribution is 7.88. The maximum Gasteiger partial charge on any atom is 0.493 e. The molecule has 1 fully saturated rings. The highest BCUT2D eigenvalue weighted by atomic mass is 35.5. The van der Waals surface area contributed by atoms with Gasteiger partial charge in [-0.1, -0.05) is 39.3 Å². The van der Waals surface area contributed by atoms with Crippen LogP contribution in [0, 0.1) is 11.7 Å². The Labute approximate surface area is 242 Å². The maximum atomic E-state index is 14.8. The Hall–Kier alpha value is -2.32. The lowest BCUT2D eigenvalue weighted by molar-refractivity contribution is -0.216. The second kappa shape index (κ2) is 12.7. The maximum absolute atomic E-state index is 14.8. The predicted molar refractivity (Wildman–Crippen MR) is 139 cm³/mol. The molecule has 0 aromatic heterocycles. The second-order valence-corrected chi connectivity index (χ2v) is 12.2. The van der Waals surface area contributed by atoms with Crippen LogP contribution in [0.2, 0.25) is 15.1 Å². The number of ether oxygens (including phenoxy) is 1. The molecule has 0 bridgehead atoms. The van der Waals surface area contributed by atoms with E-state index in [1.54, 1.807) is 6.07 Å². The molecule has 0 aliphatic carbocycles. The minimum atomic E-state index is -5.62. The van der Waals surface area contributed by atoms with Crippen molar-refractivity contribution < 1.29 is 45.1 Å². The van der Waals surface area contributed by atoms with Crippen molar-refractivity contribution >= 4 is 56.7 Å². The molecule has 0 unspecified atom stereocenters. The summed E-state index contributed by atoms with van der Waals surface area (Å²) in [5.74, 6) is -6.33. The van der Waals surface area contributed by atoms with Crippen LogP contribution in [0.4, 0.5) is 17.6 Å². The lowest BCUT2D eigenvalue weighted by Gasteiger charge is -2.36. The number of rotatable bonds is 7. The van der Waals surface area contributed by atoms with Crippen LogP contribution in [-0.4, -0.2) is 61.8 Å². The molecule has 1 heterocycles. The Bertz CT molecular complexity index is 1370. The van der Waals surface area contributed by atoms with E-state index in [-0.39, 0.29) is 29.3 Å². The molecule has 2 aromatic rings. The summed E-state index contributed by atoms with van der Waals surface area (Å²) >= 11 is 18.3. The largest absolute Gasteiger partial charge is 0.493 e. The lowest BCUT2D eigenvalue weighted by Crippen LogP contribution is -2.42. The molecule has 1 atom stereocenters. The third-order valence-corrected chi connectivity index (χ3v) is 7.73. The first-order chi connectivity index (χ1) is 18.5. The fraction of sp³-hybridized carbons (Fsp3) is 0.417. The van der Waals surface area contributed by atoms with E-state index in [0.717, 1.165) is 31.5 Å². The smallest absolute Gasteiger partial charge is 0.492 e. The first-order valence-corrected chi connectivity index (χ1v) is 14.6. The fourth-order valence-corrected chi connectivity index (χ4v) is 5.39. The minimum absolute atomic E-state index is 0.0635. The van der Waals surface area contributed by atoms with E-state index in [1.165, 1.54) is 0 Å². The highest BCUT2D eigenvalue weighted by Crippen LogP contribution is 2.33. The molecule has 3 rings (SSSR count). The number of alkyl halides is 3. The summed E-state index contributed by atoms with van der Waals surface area (Å²) in [6.07, 6.45) is -3.84. The number of nitrogens with zero attached hydrogens (tertiary/aromatic N) is 2. The highest BCUT2D eigenvalue weighted by Gasteiger charge is 2.45. The monoisotopic (exact) mass is 648 g/mol. The van der Waals surface area contributed by atoms with Crippen molar-refractivity contribution in [2.24, 2.45) is 5.92 Å². The molecule has 8 nitrogen and oxygen atoms in total. The van der Waals surface area contributed by atoms with Gasteiger partial charge < -0.3 is 9.57 Å². The van der Waals surface area contributed by atoms with Crippen molar-refractivity contribution in [1.29, 1.82) is 0 Å². The number of hydroxylamine groups is 1. The van der Waals surface area contributed by atoms with Gasteiger partial charge in [0.25, 0.3) is 10.0 Å². The van der Waals surface area contributed by atoms with Gasteiger partial charge in [0.1, 0.15) is 11.6 Å². The third-order valence-electron chi connectivity index (χ3n) is 6.15. The molecule has 1 amide bonds. The lowest BCUT2D eigenvalue weighted by atomic mass is 9.95. The number of hydrogen-bond donors (Lipinski definition) is 0. The van der Waals surface area contributed by atoms with E-state index >= 15 is 0 Å². The normalized spacial score (nSPS) is 15.9. The molecule has 0 radical (unpaired) electrons. The Balaban J connectivity index is 1.64. The average molecular weight is 650 g/mol. The summed E-state index contributed by atoms with van der Waals surface area (Å²) in [6, 6.07) is 6.80. The minimum Gasteiger partial charge on any atom is -0.492 e. The Morgan fingerprint density at radius 1 is 1.07 bits per heavy atom. The summed E-state index contributed by atoms with van der Waals surface area (Å²) in [7, 11) is -4.88. The molecule has 1 aliphatic rings. The van der Waals surface area contributed by atoms with Gasteiger partial charge in [-0.2, -0.15) is 13.2 Å². The quantitative estimate of drug-likeness (QED) is 0.266. The van der Waals surface area contributed by atoms with Crippen LogP contribution >= 0.6 is 34.8 Å². The molecule has 0 saturated carbocycles. The molecule has 16 heteroatoms. The molecule has 220 valence electrons. The molecule has 1 saturated heterocycles. The van der Waals surface area contributed by atoms with Gasteiger partial charge in [0.05, 0.1) is 23.4 Å². The standard InChI is InChI=1S/C24H23Cl3F4N2O6S/c1-13(15-7-16(25)9-17(26)8-15)32-5-3-14(4-6-32)12-38-21-11-20(28)18(10-19(21)27)22(34)33(40(2,36)37)39-23(35)24(29,30)31/h7-11,13-14H,3-6,12H2,1-2H3/t13-/m1/s1. The number of benzene rings is 2. The van der Waals surface area contributed by atoms with E-state index in [2.05, 4.69) is 9.74 Å². The van der Waals surface area contributed by atoms with Gasteiger partial charge >= 0.3 is 18.1 Å². The first kappa shape index (κ1) is 32.2. The number of hydrogen-bond acceptors (Lipinski definition) is 7. The van der Waals surface area contributed by atoms with Crippen molar-refractivity contribution in [1.82, 2.24) is 9.37 Å². The van der Waals surface area contributed by atoms with E-state index in [1.807, 2.05) is 19.1 Å². The molecule has 2 aromatic carbocycles. The Morgan fingerprint density at radius 2 is 1.65 bits per heavy atom. The predicted octanol–water partition coefficient (Wildman–Crippen LogP) is 6.06. The fourth-order valence-electron chi connectivity index (χ4n) is 4.03. The van der Waals surface area contributed by atoms with Gasteiger partial charge in [0, 0.05) is 22.2 Å². The number of sulfonamides is 1. The van der Waals surface area contributed by atoms with Gasteiger partial charge in [0.2, 0.25) is 0 Å². The summed E-state index contributed by atoms with van der Waals surface area (Å²) in [6.45, 7) is 3.65. The van der Waals surface area contributed by atoms with Crippen LogP contribution in [0.15, 0.2) is 30.3 Å². The van der Waals surface area contributed by atoms with E-state index in [4.69, 9.17) is 39.5 Å². The number of piperidine rings is 1. The van der Waals surface area contributed by atoms with Gasteiger partial charge in [-0.25, -0.2) is 17.6 Å². The van der Waals surface area contributed by atoms with Crippen LogP contribution in [0.5, 0.6) is 5.75 Å². The average Bonchev–Trinajstić information content (AvgIpc) is 2.85. The zero-order valence-electron chi connectivity index (χ0n) is 21.0. The van der Waals surface area contributed by atoms with Crippen molar-refractivity contribution in [2.75, 3.05) is 26.0 Å². The number of halogens is 7. The summed E-state index contributed by atoms with van der Waals surface area (Å²) in [5, 5.41) is 0.769. The van der Waals surface area contributed by atoms with Gasteiger partial charge in [0.15, 0.2) is 0 Å². The topological polar surface area (TPSA) is 93.2 Å². The van der Waals surface area contributed by atoms with E-state index < -0.39 is 43.9 Å². The second-order valence-electron chi connectivity index (χ2n) is 9.10. The SMILES string of the molecule is C[C@H](c1cc(Cl)cc(Cl)c1)N1CCC(COc2cc(F)c(C(=O)N(OC(=O)C(F)(F)F)S(C)(=O)=O)cc2Cl)CC1. The number of carbonyl (C=O) groups excluding carboxylic acids is 2. The summed E-state index contributed by atoms with van der Waals surface area (Å²) < 4.78 is 80.7. The van der Waals surface area contributed by atoms with Gasteiger partial charge in [-0.15, -0.1) is 0 Å². The van der Waals surface area contributed by atoms with Gasteiger partial charge in [-0.3, -0.25) is 9.69 Å². The summed E-state index contributed by atoms with van der Waals surface area (Å²) in [5.41, 5.74) is -0.0760. The van der Waals surface area contributed by atoms with Crippen molar-refractivity contribution in [2.45, 2.75) is 32.0 Å². The Morgan fingerprint density at radius 3 is 2.17 bits per heavy atom. The van der Waals surface area contributed by atoms with Crippen LogP contribution in [0.1, 0.15) is 41.7 Å². The third kappa shape index (κ3) is 8.12. The molecule has 40 heavy (non-hydrogen) atoms. The van der Waals surface area contributed by atoms with Crippen LogP contribution in [0.25, 0.3) is 0 Å². The molecule has 0 spiro atoms. The first-order valence-electron chi connectivity index (χ1n) is 11.6. The Kier molecular flexibility index (Phi) is 10.2.